The number of carboxylic acids is 2. The van der Waals surface area contributed by atoms with Crippen LogP contribution in [0.3, 0.4) is 0 Å². The summed E-state index contributed by atoms with van der Waals surface area (Å²) in [5, 5.41) is 21.4. The summed E-state index contributed by atoms with van der Waals surface area (Å²) in [6.07, 6.45) is 7.88. The van der Waals surface area contributed by atoms with E-state index >= 15 is 0 Å². The lowest BCUT2D eigenvalue weighted by atomic mass is 10.1. The van der Waals surface area contributed by atoms with Crippen LogP contribution in [0, 0.1) is 6.92 Å². The molecule has 3 aromatic heterocycles. The molecule has 166 valence electrons. The molecule has 0 aromatic carbocycles. The molecule has 0 bridgehead atoms. The quantitative estimate of drug-likeness (QED) is 0.302. The van der Waals surface area contributed by atoms with E-state index in [1.165, 1.54) is 0 Å². The van der Waals surface area contributed by atoms with Gasteiger partial charge in [-0.05, 0) is 44.6 Å². The predicted molar refractivity (Wildman–Crippen MR) is 121 cm³/mol. The standard InChI is InChI=1S/C18H25N5.C4H4O4/c1-4-23(5-2)10-6-8-20-18-16-14-12-19-9-7-15(14)22-17(16)13(3)11-21-18;5-3(6)1-2-4(7)8/h7,9,11-12,22H,4-6,8,10H2,1-3H3,(H,20,21);1-2H,(H,5,6)(H,7,8)/b;2-1-. The Hall–Kier alpha value is -3.46. The molecule has 3 rings (SSSR count). The number of H-pyrrole nitrogens is 1. The number of nitrogens with zero attached hydrogens (tertiary/aromatic N) is 3. The first-order chi connectivity index (χ1) is 14.9. The molecule has 0 amide bonds. The molecule has 0 fully saturated rings. The summed E-state index contributed by atoms with van der Waals surface area (Å²) in [5.41, 5.74) is 3.41. The van der Waals surface area contributed by atoms with Crippen molar-refractivity contribution in [3.8, 4) is 0 Å². The van der Waals surface area contributed by atoms with Crippen molar-refractivity contribution in [2.45, 2.75) is 27.2 Å². The minimum absolute atomic E-state index is 0.558. The highest BCUT2D eigenvalue weighted by molar-refractivity contribution is 6.12. The van der Waals surface area contributed by atoms with Crippen LogP contribution in [0.4, 0.5) is 5.82 Å². The van der Waals surface area contributed by atoms with Crippen LogP contribution in [0.1, 0.15) is 25.8 Å². The number of aryl methyl sites for hydroxylation is 1. The van der Waals surface area contributed by atoms with Crippen molar-refractivity contribution in [3.05, 3.63) is 42.4 Å². The number of pyridine rings is 2. The van der Waals surface area contributed by atoms with Crippen LogP contribution in [0.2, 0.25) is 0 Å². The van der Waals surface area contributed by atoms with Gasteiger partial charge in [0.1, 0.15) is 5.82 Å². The van der Waals surface area contributed by atoms with E-state index in [0.29, 0.717) is 12.2 Å². The van der Waals surface area contributed by atoms with Crippen molar-refractivity contribution in [1.82, 2.24) is 19.9 Å². The largest absolute Gasteiger partial charge is 0.478 e. The van der Waals surface area contributed by atoms with Crippen LogP contribution in [0.25, 0.3) is 21.8 Å². The molecule has 31 heavy (non-hydrogen) atoms. The van der Waals surface area contributed by atoms with Gasteiger partial charge in [0.2, 0.25) is 0 Å². The number of fused-ring (bicyclic) bond motifs is 3. The summed E-state index contributed by atoms with van der Waals surface area (Å²) < 4.78 is 0. The molecule has 0 radical (unpaired) electrons. The Morgan fingerprint density at radius 3 is 2.45 bits per heavy atom. The Morgan fingerprint density at radius 2 is 1.84 bits per heavy atom. The molecular weight excluding hydrogens is 398 g/mol. The first-order valence-electron chi connectivity index (χ1n) is 10.2. The van der Waals surface area contributed by atoms with Crippen molar-refractivity contribution >= 4 is 39.6 Å². The van der Waals surface area contributed by atoms with Crippen LogP contribution < -0.4 is 5.32 Å². The molecule has 9 heteroatoms. The first kappa shape index (κ1) is 23.8. The molecule has 0 saturated heterocycles. The number of carboxylic acid groups (broad SMARTS) is 2. The number of aromatic amines is 1. The van der Waals surface area contributed by atoms with E-state index in [4.69, 9.17) is 10.2 Å². The molecule has 4 N–H and O–H groups in total. The maximum Gasteiger partial charge on any atom is 0.328 e. The summed E-state index contributed by atoms with van der Waals surface area (Å²) in [4.78, 5) is 33.9. The van der Waals surface area contributed by atoms with Gasteiger partial charge in [-0.25, -0.2) is 14.6 Å². The molecule has 3 heterocycles. The lowest BCUT2D eigenvalue weighted by Crippen LogP contribution is -2.25. The van der Waals surface area contributed by atoms with Gasteiger partial charge < -0.3 is 25.4 Å². The molecule has 0 aliphatic carbocycles. The van der Waals surface area contributed by atoms with E-state index < -0.39 is 11.9 Å². The van der Waals surface area contributed by atoms with Crippen LogP contribution in [-0.2, 0) is 9.59 Å². The highest BCUT2D eigenvalue weighted by Crippen LogP contribution is 2.31. The normalized spacial score (nSPS) is 11.1. The van der Waals surface area contributed by atoms with Crippen LogP contribution in [-0.4, -0.2) is 68.2 Å². The van der Waals surface area contributed by atoms with E-state index in [1.54, 1.807) is 0 Å². The third kappa shape index (κ3) is 6.78. The van der Waals surface area contributed by atoms with Gasteiger partial charge in [-0.15, -0.1) is 0 Å². The second-order valence-corrected chi connectivity index (χ2v) is 6.90. The third-order valence-corrected chi connectivity index (χ3v) is 4.82. The van der Waals surface area contributed by atoms with Crippen LogP contribution >= 0.6 is 0 Å². The summed E-state index contributed by atoms with van der Waals surface area (Å²) in [5.74, 6) is -1.57. The lowest BCUT2D eigenvalue weighted by Gasteiger charge is -2.18. The Kier molecular flexibility index (Phi) is 8.95. The fraction of sp³-hybridized carbons (Fsp3) is 0.364. The van der Waals surface area contributed by atoms with E-state index in [-0.39, 0.29) is 0 Å². The number of hydrogen-bond acceptors (Lipinski definition) is 6. The number of rotatable bonds is 9. The second kappa shape index (κ2) is 11.7. The van der Waals surface area contributed by atoms with Gasteiger partial charge in [-0.2, -0.15) is 0 Å². The van der Waals surface area contributed by atoms with Crippen molar-refractivity contribution in [3.63, 3.8) is 0 Å². The van der Waals surface area contributed by atoms with Crippen molar-refractivity contribution in [2.75, 3.05) is 31.5 Å². The first-order valence-corrected chi connectivity index (χ1v) is 10.2. The number of aromatic nitrogens is 3. The summed E-state index contributed by atoms with van der Waals surface area (Å²) in [7, 11) is 0. The molecule has 0 spiro atoms. The van der Waals surface area contributed by atoms with Crippen LogP contribution in [0.15, 0.2) is 36.8 Å². The predicted octanol–water partition coefficient (Wildman–Crippen LogP) is 3.28. The topological polar surface area (TPSA) is 131 Å². The fourth-order valence-corrected chi connectivity index (χ4v) is 3.19. The molecule has 0 aliphatic rings. The number of anilines is 1. The average Bonchev–Trinajstić information content (AvgIpc) is 3.15. The summed E-state index contributed by atoms with van der Waals surface area (Å²) in [6, 6.07) is 2.01. The van der Waals surface area contributed by atoms with Crippen LogP contribution in [0.5, 0.6) is 0 Å². The molecule has 3 aromatic rings. The van der Waals surface area contributed by atoms with Gasteiger partial charge in [0, 0.05) is 48.2 Å². The van der Waals surface area contributed by atoms with Gasteiger partial charge >= 0.3 is 11.9 Å². The van der Waals surface area contributed by atoms with Crippen molar-refractivity contribution in [2.24, 2.45) is 0 Å². The van der Waals surface area contributed by atoms with Gasteiger partial charge in [0.15, 0.2) is 0 Å². The Morgan fingerprint density at radius 1 is 1.16 bits per heavy atom. The SMILES string of the molecule is CCN(CC)CCCNc1ncc(C)c2[nH]c3ccncc3c12.O=C(O)/C=C\C(=O)O. The Balaban J connectivity index is 0.000000366. The van der Waals surface area contributed by atoms with Crippen molar-refractivity contribution < 1.29 is 19.8 Å². The smallest absolute Gasteiger partial charge is 0.328 e. The van der Waals surface area contributed by atoms with Gasteiger partial charge in [-0.3, -0.25) is 4.98 Å². The molecule has 0 atom stereocenters. The number of nitrogens with one attached hydrogen (secondary N) is 2. The molecule has 0 saturated carbocycles. The van der Waals surface area contributed by atoms with E-state index in [0.717, 1.165) is 65.8 Å². The Labute approximate surface area is 180 Å². The fourth-order valence-electron chi connectivity index (χ4n) is 3.19. The zero-order valence-corrected chi connectivity index (χ0v) is 18.1. The zero-order valence-electron chi connectivity index (χ0n) is 18.1. The highest BCUT2D eigenvalue weighted by Gasteiger charge is 2.12. The lowest BCUT2D eigenvalue weighted by molar-refractivity contribution is -0.134. The summed E-state index contributed by atoms with van der Waals surface area (Å²) in [6.45, 7) is 10.8. The Bertz CT molecular complexity index is 1040. The zero-order chi connectivity index (χ0) is 22.8. The highest BCUT2D eigenvalue weighted by atomic mass is 16.4. The van der Waals surface area contributed by atoms with Gasteiger partial charge in [-0.1, -0.05) is 13.8 Å². The summed E-state index contributed by atoms with van der Waals surface area (Å²) >= 11 is 0. The van der Waals surface area contributed by atoms with E-state index in [2.05, 4.69) is 45.9 Å². The maximum atomic E-state index is 9.55. The number of aliphatic carboxylic acids is 2. The molecule has 0 unspecified atom stereocenters. The molecular formula is C22H29N5O4. The van der Waals surface area contributed by atoms with E-state index in [9.17, 15) is 9.59 Å². The number of hydrogen-bond donors (Lipinski definition) is 4. The minimum atomic E-state index is -1.26. The molecule has 0 aliphatic heterocycles. The average molecular weight is 428 g/mol. The molecule has 9 nitrogen and oxygen atoms in total. The van der Waals surface area contributed by atoms with E-state index in [1.807, 2.05) is 24.7 Å². The second-order valence-electron chi connectivity index (χ2n) is 6.90. The minimum Gasteiger partial charge on any atom is -0.478 e. The number of carbonyl (C=O) groups is 2. The third-order valence-electron chi connectivity index (χ3n) is 4.82. The monoisotopic (exact) mass is 427 g/mol. The van der Waals surface area contributed by atoms with Gasteiger partial charge in [0.25, 0.3) is 0 Å². The maximum absolute atomic E-state index is 9.55. The van der Waals surface area contributed by atoms with Gasteiger partial charge in [0.05, 0.1) is 10.9 Å². The van der Waals surface area contributed by atoms with Crippen molar-refractivity contribution in [1.29, 1.82) is 0 Å².